The Morgan fingerprint density at radius 2 is 2.08 bits per heavy atom. The molecular weight excluding hydrogens is 328 g/mol. The van der Waals surface area contributed by atoms with Gasteiger partial charge in [-0.2, -0.15) is 10.4 Å². The molecular formula is C20H26N4O2. The van der Waals surface area contributed by atoms with Crippen molar-refractivity contribution in [1.29, 1.82) is 5.26 Å². The molecule has 6 nitrogen and oxygen atoms in total. The number of carbonyl (C=O) groups is 1. The highest BCUT2D eigenvalue weighted by Crippen LogP contribution is 2.32. The first-order valence-electron chi connectivity index (χ1n) is 9.20. The predicted molar refractivity (Wildman–Crippen MR) is 99.7 cm³/mol. The summed E-state index contributed by atoms with van der Waals surface area (Å²) in [5, 5.41) is 17.6. The molecule has 1 fully saturated rings. The summed E-state index contributed by atoms with van der Waals surface area (Å²) in [4.78, 5) is 11.8. The van der Waals surface area contributed by atoms with E-state index >= 15 is 0 Å². The van der Waals surface area contributed by atoms with Crippen LogP contribution in [0.2, 0.25) is 0 Å². The van der Waals surface area contributed by atoms with Crippen molar-refractivity contribution in [3.63, 3.8) is 0 Å². The van der Waals surface area contributed by atoms with Crippen molar-refractivity contribution in [3.8, 4) is 6.07 Å². The Balaban J connectivity index is 1.52. The van der Waals surface area contributed by atoms with Crippen LogP contribution >= 0.6 is 0 Å². The lowest BCUT2D eigenvalue weighted by Gasteiger charge is -2.29. The largest absolute Gasteiger partial charge is 0.444 e. The van der Waals surface area contributed by atoms with Crippen LogP contribution in [-0.2, 0) is 4.74 Å². The fourth-order valence-corrected chi connectivity index (χ4v) is 3.45. The van der Waals surface area contributed by atoms with E-state index in [9.17, 15) is 4.79 Å². The topological polar surface area (TPSA) is 79.9 Å². The zero-order valence-electron chi connectivity index (χ0n) is 15.7. The third-order valence-corrected chi connectivity index (χ3v) is 4.78. The van der Waals surface area contributed by atoms with E-state index < -0.39 is 5.60 Å². The molecule has 0 spiro atoms. The smallest absolute Gasteiger partial charge is 0.407 e. The average Bonchev–Trinajstić information content (AvgIpc) is 3.02. The maximum absolute atomic E-state index is 11.8. The van der Waals surface area contributed by atoms with Crippen LogP contribution in [0.4, 0.5) is 4.79 Å². The lowest BCUT2D eigenvalue weighted by Crippen LogP contribution is -2.36. The van der Waals surface area contributed by atoms with Crippen LogP contribution in [0, 0.1) is 17.2 Å². The van der Waals surface area contributed by atoms with E-state index in [1.165, 1.54) is 0 Å². The normalized spacial score (nSPS) is 20.5. The molecule has 0 atom stereocenters. The number of hydrogen-bond donors (Lipinski definition) is 1. The van der Waals surface area contributed by atoms with Gasteiger partial charge < -0.3 is 10.1 Å². The van der Waals surface area contributed by atoms with E-state index in [0.29, 0.717) is 24.1 Å². The minimum Gasteiger partial charge on any atom is -0.444 e. The van der Waals surface area contributed by atoms with Crippen molar-refractivity contribution in [2.45, 2.75) is 58.1 Å². The molecule has 0 saturated heterocycles. The number of fused-ring (bicyclic) bond motifs is 1. The van der Waals surface area contributed by atoms with Crippen LogP contribution in [0.5, 0.6) is 0 Å². The second-order valence-electron chi connectivity index (χ2n) is 8.05. The zero-order valence-corrected chi connectivity index (χ0v) is 15.7. The Kier molecular flexibility index (Phi) is 5.17. The first-order valence-corrected chi connectivity index (χ1v) is 9.20. The fraction of sp³-hybridized carbons (Fsp3) is 0.550. The van der Waals surface area contributed by atoms with Gasteiger partial charge in [-0.25, -0.2) is 4.79 Å². The Morgan fingerprint density at radius 1 is 1.35 bits per heavy atom. The lowest BCUT2D eigenvalue weighted by atomic mass is 9.86. The summed E-state index contributed by atoms with van der Waals surface area (Å²) in [5.41, 5.74) is 1.05. The highest BCUT2D eigenvalue weighted by molar-refractivity contribution is 5.79. The molecule has 2 aromatic rings. The van der Waals surface area contributed by atoms with Crippen LogP contribution in [0.1, 0.15) is 58.1 Å². The summed E-state index contributed by atoms with van der Waals surface area (Å²) in [6.45, 7) is 6.26. The van der Waals surface area contributed by atoms with Gasteiger partial charge in [-0.1, -0.05) is 0 Å². The van der Waals surface area contributed by atoms with E-state index in [1.807, 2.05) is 43.7 Å². The maximum atomic E-state index is 11.8. The van der Waals surface area contributed by atoms with Crippen LogP contribution in [0.15, 0.2) is 24.4 Å². The van der Waals surface area contributed by atoms with Crippen molar-refractivity contribution in [2.24, 2.45) is 5.92 Å². The minimum atomic E-state index is -0.463. The van der Waals surface area contributed by atoms with Gasteiger partial charge >= 0.3 is 6.09 Å². The molecule has 1 heterocycles. The van der Waals surface area contributed by atoms with Gasteiger partial charge in [0.2, 0.25) is 0 Å². The number of ether oxygens (including phenoxy) is 1. The second kappa shape index (κ2) is 7.36. The van der Waals surface area contributed by atoms with E-state index in [-0.39, 0.29) is 6.09 Å². The first-order chi connectivity index (χ1) is 12.3. The summed E-state index contributed by atoms with van der Waals surface area (Å²) in [6.07, 6.45) is 5.92. The van der Waals surface area contributed by atoms with Crippen LogP contribution in [-0.4, -0.2) is 28.0 Å². The lowest BCUT2D eigenvalue weighted by molar-refractivity contribution is 0.0513. The number of alkyl carbamates (subject to hydrolysis) is 1. The highest BCUT2D eigenvalue weighted by atomic mass is 16.6. The van der Waals surface area contributed by atoms with Crippen molar-refractivity contribution in [2.75, 3.05) is 6.54 Å². The Labute approximate surface area is 154 Å². The van der Waals surface area contributed by atoms with Gasteiger partial charge in [0.05, 0.1) is 23.2 Å². The van der Waals surface area contributed by atoms with Gasteiger partial charge in [-0.05, 0) is 70.6 Å². The Morgan fingerprint density at radius 3 is 2.73 bits per heavy atom. The number of hydrogen-bond acceptors (Lipinski definition) is 4. The van der Waals surface area contributed by atoms with Gasteiger partial charge in [-0.15, -0.1) is 0 Å². The molecule has 0 unspecified atom stereocenters. The average molecular weight is 354 g/mol. The molecule has 1 aromatic carbocycles. The van der Waals surface area contributed by atoms with E-state index in [2.05, 4.69) is 22.7 Å². The van der Waals surface area contributed by atoms with E-state index in [0.717, 1.165) is 36.6 Å². The standard InChI is InChI=1S/C20H26N4O2/c1-20(2,3)26-19(25)22-12-14-5-8-17(9-6-14)24-13-16-7-4-15(11-21)10-18(16)23-24/h4,7,10,13-14,17H,5-6,8-9,12H2,1-3H3,(H,22,25)/t14-,17-. The third-order valence-electron chi connectivity index (χ3n) is 4.78. The zero-order chi connectivity index (χ0) is 18.7. The number of rotatable bonds is 3. The molecule has 1 amide bonds. The number of amides is 1. The van der Waals surface area contributed by atoms with Crippen LogP contribution in [0.3, 0.4) is 0 Å². The monoisotopic (exact) mass is 354 g/mol. The Bertz CT molecular complexity index is 820. The number of nitrogens with one attached hydrogen (secondary N) is 1. The molecule has 26 heavy (non-hydrogen) atoms. The molecule has 6 heteroatoms. The fourth-order valence-electron chi connectivity index (χ4n) is 3.45. The third kappa shape index (κ3) is 4.54. The first kappa shape index (κ1) is 18.2. The molecule has 0 bridgehead atoms. The molecule has 1 N–H and O–H groups in total. The molecule has 0 aliphatic heterocycles. The van der Waals surface area contributed by atoms with Crippen molar-refractivity contribution in [1.82, 2.24) is 15.1 Å². The molecule has 138 valence electrons. The quantitative estimate of drug-likeness (QED) is 0.897. The second-order valence-corrected chi connectivity index (χ2v) is 8.05. The minimum absolute atomic E-state index is 0.341. The van der Waals surface area contributed by atoms with Gasteiger partial charge in [-0.3, -0.25) is 4.68 Å². The number of carbonyl (C=O) groups excluding carboxylic acids is 1. The summed E-state index contributed by atoms with van der Waals surface area (Å²) < 4.78 is 7.33. The number of nitriles is 1. The maximum Gasteiger partial charge on any atom is 0.407 e. The Hall–Kier alpha value is -2.55. The van der Waals surface area contributed by atoms with Gasteiger partial charge in [0, 0.05) is 18.1 Å². The van der Waals surface area contributed by atoms with E-state index in [1.54, 1.807) is 0 Å². The molecule has 3 rings (SSSR count). The van der Waals surface area contributed by atoms with Gasteiger partial charge in [0.1, 0.15) is 5.60 Å². The number of aromatic nitrogens is 2. The summed E-state index contributed by atoms with van der Waals surface area (Å²) in [6, 6.07) is 8.15. The summed E-state index contributed by atoms with van der Waals surface area (Å²) in [7, 11) is 0. The van der Waals surface area contributed by atoms with Gasteiger partial charge in [0.15, 0.2) is 0 Å². The van der Waals surface area contributed by atoms with Gasteiger partial charge in [0.25, 0.3) is 0 Å². The molecule has 1 aromatic heterocycles. The molecule has 1 aliphatic carbocycles. The molecule has 0 radical (unpaired) electrons. The summed E-state index contributed by atoms with van der Waals surface area (Å²) >= 11 is 0. The van der Waals surface area contributed by atoms with E-state index in [4.69, 9.17) is 10.00 Å². The predicted octanol–water partition coefficient (Wildman–Crippen LogP) is 4.16. The number of benzene rings is 1. The van der Waals surface area contributed by atoms with Crippen molar-refractivity contribution in [3.05, 3.63) is 30.0 Å². The number of nitrogens with zero attached hydrogens (tertiary/aromatic N) is 3. The SMILES string of the molecule is CC(C)(C)OC(=O)NC[C@H]1CC[C@H](n2cc3ccc(C#N)cc3n2)CC1. The van der Waals surface area contributed by atoms with Crippen molar-refractivity contribution < 1.29 is 9.53 Å². The molecule has 1 aliphatic rings. The molecule has 1 saturated carbocycles. The highest BCUT2D eigenvalue weighted by Gasteiger charge is 2.24. The van der Waals surface area contributed by atoms with Crippen LogP contribution < -0.4 is 5.32 Å². The van der Waals surface area contributed by atoms with Crippen molar-refractivity contribution >= 4 is 17.0 Å². The summed E-state index contributed by atoms with van der Waals surface area (Å²) in [5.74, 6) is 0.480. The van der Waals surface area contributed by atoms with Crippen LogP contribution in [0.25, 0.3) is 10.9 Å².